The van der Waals surface area contributed by atoms with Crippen LogP contribution in [0.5, 0.6) is 0 Å². The number of rotatable bonds is 4. The molecular formula is C17H22O3. The highest BCUT2D eigenvalue weighted by Crippen LogP contribution is 2.44. The Hall–Kier alpha value is -1.61. The first-order chi connectivity index (χ1) is 9.52. The normalized spacial score (nSPS) is 21.4. The van der Waals surface area contributed by atoms with E-state index in [0.717, 1.165) is 0 Å². The predicted octanol–water partition coefficient (Wildman–Crippen LogP) is 3.27. The maximum Gasteiger partial charge on any atom is 0.312 e. The summed E-state index contributed by atoms with van der Waals surface area (Å²) in [7, 11) is 3.15. The lowest BCUT2D eigenvalue weighted by Crippen LogP contribution is -2.33. The van der Waals surface area contributed by atoms with E-state index in [1.54, 1.807) is 7.11 Å². The zero-order chi connectivity index (χ0) is 14.8. The highest BCUT2D eigenvalue weighted by atomic mass is 16.5. The largest absolute Gasteiger partial charge is 0.469 e. The monoisotopic (exact) mass is 274 g/mol. The fourth-order valence-electron chi connectivity index (χ4n) is 2.93. The summed E-state index contributed by atoms with van der Waals surface area (Å²) >= 11 is 0. The number of fused-ring (bicyclic) bond motifs is 1. The molecule has 0 amide bonds. The molecule has 108 valence electrons. The van der Waals surface area contributed by atoms with E-state index >= 15 is 0 Å². The van der Waals surface area contributed by atoms with Crippen LogP contribution in [0.25, 0.3) is 0 Å². The molecule has 20 heavy (non-hydrogen) atoms. The Morgan fingerprint density at radius 2 is 1.80 bits per heavy atom. The van der Waals surface area contributed by atoms with Crippen molar-refractivity contribution in [1.29, 1.82) is 0 Å². The molecule has 0 N–H and O–H groups in total. The van der Waals surface area contributed by atoms with E-state index < -0.39 is 5.41 Å². The van der Waals surface area contributed by atoms with Crippen LogP contribution in [0, 0.1) is 5.41 Å². The van der Waals surface area contributed by atoms with Crippen molar-refractivity contribution in [1.82, 2.24) is 0 Å². The first-order valence-electron chi connectivity index (χ1n) is 6.87. The van der Waals surface area contributed by atoms with Crippen LogP contribution >= 0.6 is 0 Å². The Balaban J connectivity index is 2.43. The number of carbonyl (C=O) groups is 1. The molecule has 0 aliphatic heterocycles. The van der Waals surface area contributed by atoms with E-state index in [4.69, 9.17) is 9.47 Å². The maximum atomic E-state index is 12.1. The first-order valence-corrected chi connectivity index (χ1v) is 6.87. The van der Waals surface area contributed by atoms with Gasteiger partial charge >= 0.3 is 5.97 Å². The molecule has 0 saturated heterocycles. The minimum atomic E-state index is -0.584. The standard InChI is InChI=1S/C17H22O3/c1-17(2,16(18)20-4)15-10-9-12(11-19-3)13-7-5-6-8-14(13)15/h5-10,12,15H,11H2,1-4H3/t12-,15-/m0/s1. The third-order valence-electron chi connectivity index (χ3n) is 4.10. The van der Waals surface area contributed by atoms with Crippen molar-refractivity contribution in [3.8, 4) is 0 Å². The van der Waals surface area contributed by atoms with Gasteiger partial charge in [-0.15, -0.1) is 0 Å². The number of methoxy groups -OCH3 is 2. The van der Waals surface area contributed by atoms with Crippen molar-refractivity contribution >= 4 is 5.97 Å². The Morgan fingerprint density at radius 3 is 2.40 bits per heavy atom. The molecule has 0 unspecified atom stereocenters. The molecule has 3 heteroatoms. The summed E-state index contributed by atoms with van der Waals surface area (Å²) in [6, 6.07) is 8.25. The van der Waals surface area contributed by atoms with Gasteiger partial charge in [0.05, 0.1) is 19.1 Å². The van der Waals surface area contributed by atoms with E-state index in [1.165, 1.54) is 18.2 Å². The van der Waals surface area contributed by atoms with Gasteiger partial charge in [0.15, 0.2) is 0 Å². The summed E-state index contributed by atoms with van der Waals surface area (Å²) in [5.74, 6) is 0.0901. The van der Waals surface area contributed by atoms with Gasteiger partial charge < -0.3 is 9.47 Å². The van der Waals surface area contributed by atoms with Gasteiger partial charge in [0.25, 0.3) is 0 Å². The van der Waals surface area contributed by atoms with Gasteiger partial charge in [-0.25, -0.2) is 0 Å². The van der Waals surface area contributed by atoms with Crippen LogP contribution in [0.15, 0.2) is 36.4 Å². The van der Waals surface area contributed by atoms with Gasteiger partial charge in [-0.2, -0.15) is 0 Å². The average molecular weight is 274 g/mol. The first kappa shape index (κ1) is 14.8. The van der Waals surface area contributed by atoms with Crippen LogP contribution in [0.2, 0.25) is 0 Å². The molecule has 1 aliphatic carbocycles. The van der Waals surface area contributed by atoms with Gasteiger partial charge in [0, 0.05) is 18.9 Å². The fourth-order valence-corrected chi connectivity index (χ4v) is 2.93. The molecule has 0 aromatic heterocycles. The van der Waals surface area contributed by atoms with E-state index in [-0.39, 0.29) is 17.8 Å². The second-order valence-electron chi connectivity index (χ2n) is 5.77. The number of hydrogen-bond donors (Lipinski definition) is 0. The van der Waals surface area contributed by atoms with Crippen LogP contribution in [0.4, 0.5) is 0 Å². The zero-order valence-corrected chi connectivity index (χ0v) is 12.6. The number of allylic oxidation sites excluding steroid dienone is 1. The minimum Gasteiger partial charge on any atom is -0.469 e. The van der Waals surface area contributed by atoms with Crippen molar-refractivity contribution in [3.05, 3.63) is 47.5 Å². The zero-order valence-electron chi connectivity index (χ0n) is 12.6. The lowest BCUT2D eigenvalue weighted by molar-refractivity contribution is -0.151. The van der Waals surface area contributed by atoms with Crippen LogP contribution in [-0.4, -0.2) is 26.8 Å². The predicted molar refractivity (Wildman–Crippen MR) is 78.7 cm³/mol. The molecule has 0 spiro atoms. The summed E-state index contributed by atoms with van der Waals surface area (Å²) < 4.78 is 10.2. The number of esters is 1. The molecule has 2 rings (SSSR count). The molecule has 0 fully saturated rings. The van der Waals surface area contributed by atoms with Crippen molar-refractivity contribution in [2.75, 3.05) is 20.8 Å². The van der Waals surface area contributed by atoms with Crippen molar-refractivity contribution in [2.24, 2.45) is 5.41 Å². The number of hydrogen-bond acceptors (Lipinski definition) is 3. The molecule has 3 nitrogen and oxygen atoms in total. The second kappa shape index (κ2) is 5.80. The highest BCUT2D eigenvalue weighted by molar-refractivity contribution is 5.78. The second-order valence-corrected chi connectivity index (χ2v) is 5.77. The Bertz CT molecular complexity index is 517. The van der Waals surface area contributed by atoms with E-state index in [9.17, 15) is 4.79 Å². The average Bonchev–Trinajstić information content (AvgIpc) is 2.46. The van der Waals surface area contributed by atoms with Crippen LogP contribution < -0.4 is 0 Å². The minimum absolute atomic E-state index is 0.0271. The smallest absolute Gasteiger partial charge is 0.312 e. The summed E-state index contributed by atoms with van der Waals surface area (Å²) in [6.45, 7) is 4.52. The SMILES string of the molecule is COC[C@@H]1C=C[C@H](C(C)(C)C(=O)OC)c2ccccc21. The van der Waals surface area contributed by atoms with Gasteiger partial charge in [-0.3, -0.25) is 4.79 Å². The molecule has 0 bridgehead atoms. The van der Waals surface area contributed by atoms with Gasteiger partial charge in [-0.05, 0) is 25.0 Å². The summed E-state index contributed by atoms with van der Waals surface area (Å²) in [6.07, 6.45) is 4.25. The van der Waals surface area contributed by atoms with Crippen LogP contribution in [0.3, 0.4) is 0 Å². The van der Waals surface area contributed by atoms with Crippen LogP contribution in [-0.2, 0) is 14.3 Å². The Labute approximate surface area is 120 Å². The third-order valence-corrected chi connectivity index (χ3v) is 4.10. The summed E-state index contributed by atoms with van der Waals surface area (Å²) in [5.41, 5.74) is 1.84. The molecule has 1 aromatic rings. The van der Waals surface area contributed by atoms with E-state index in [1.807, 2.05) is 26.0 Å². The molecule has 2 atom stereocenters. The Morgan fingerprint density at radius 1 is 1.15 bits per heavy atom. The van der Waals surface area contributed by atoms with Crippen molar-refractivity contribution in [3.63, 3.8) is 0 Å². The summed E-state index contributed by atoms with van der Waals surface area (Å²) in [5, 5.41) is 0. The van der Waals surface area contributed by atoms with E-state index in [2.05, 4.69) is 24.3 Å². The van der Waals surface area contributed by atoms with Crippen molar-refractivity contribution < 1.29 is 14.3 Å². The lowest BCUT2D eigenvalue weighted by Gasteiger charge is -2.35. The molecule has 1 aromatic carbocycles. The highest BCUT2D eigenvalue weighted by Gasteiger charge is 2.40. The maximum absolute atomic E-state index is 12.1. The number of carbonyl (C=O) groups excluding carboxylic acids is 1. The molecule has 0 radical (unpaired) electrons. The van der Waals surface area contributed by atoms with Gasteiger partial charge in [-0.1, -0.05) is 36.4 Å². The van der Waals surface area contributed by atoms with Crippen molar-refractivity contribution in [2.45, 2.75) is 25.7 Å². The molecule has 0 heterocycles. The number of benzene rings is 1. The topological polar surface area (TPSA) is 35.5 Å². The van der Waals surface area contributed by atoms with Gasteiger partial charge in [0.2, 0.25) is 0 Å². The molecule has 1 aliphatic rings. The Kier molecular flexibility index (Phi) is 4.29. The number of ether oxygens (including phenoxy) is 2. The van der Waals surface area contributed by atoms with Crippen LogP contribution in [0.1, 0.15) is 36.8 Å². The quantitative estimate of drug-likeness (QED) is 0.624. The lowest BCUT2D eigenvalue weighted by atomic mass is 9.69. The summed E-state index contributed by atoms with van der Waals surface area (Å²) in [4.78, 5) is 12.1. The van der Waals surface area contributed by atoms with E-state index in [0.29, 0.717) is 6.61 Å². The molecular weight excluding hydrogens is 252 g/mol. The van der Waals surface area contributed by atoms with Gasteiger partial charge in [0.1, 0.15) is 0 Å². The fraction of sp³-hybridized carbons (Fsp3) is 0.471. The molecule has 0 saturated carbocycles. The third kappa shape index (κ3) is 2.50.